The molecule has 0 atom stereocenters. The van der Waals surface area contributed by atoms with Crippen molar-refractivity contribution in [2.45, 2.75) is 12.6 Å². The van der Waals surface area contributed by atoms with E-state index in [4.69, 9.17) is 4.74 Å². The molecule has 0 amide bonds. The molecule has 0 saturated heterocycles. The van der Waals surface area contributed by atoms with Gasteiger partial charge >= 0.3 is 35.7 Å². The molecule has 9 heteroatoms. The number of carboxylic acids is 1. The number of nitrogens with zero attached hydrogens (tertiary/aromatic N) is 1. The van der Waals surface area contributed by atoms with Gasteiger partial charge in [0, 0.05) is 15.6 Å². The van der Waals surface area contributed by atoms with Crippen LogP contribution in [0.5, 0.6) is 5.75 Å². The largest absolute Gasteiger partial charge is 1.00 e. The van der Waals surface area contributed by atoms with E-state index < -0.39 is 25.2 Å². The van der Waals surface area contributed by atoms with E-state index in [2.05, 4.69) is 20.9 Å². The number of benzene rings is 2. The van der Waals surface area contributed by atoms with E-state index in [1.54, 1.807) is 54.6 Å². The first-order valence-electron chi connectivity index (χ1n) is 8.52. The van der Waals surface area contributed by atoms with Crippen LogP contribution in [0.4, 0.5) is 13.2 Å². The minimum Gasteiger partial charge on any atom is -0.543 e. The molecule has 1 aromatic heterocycles. The molecule has 0 radical (unpaired) electrons. The number of aromatic nitrogens is 1. The molecule has 30 heavy (non-hydrogen) atoms. The van der Waals surface area contributed by atoms with Gasteiger partial charge in [0.2, 0.25) is 0 Å². The number of aromatic carboxylic acids is 1. The zero-order chi connectivity index (χ0) is 21.0. The molecule has 0 bridgehead atoms. The monoisotopic (exact) mass is 487 g/mol. The number of pyridine rings is 1. The van der Waals surface area contributed by atoms with Crippen LogP contribution in [0.1, 0.15) is 16.9 Å². The summed E-state index contributed by atoms with van der Waals surface area (Å²) in [5.74, 6) is -1.12. The number of hydrogen-bond donors (Lipinski definition) is 0. The van der Waals surface area contributed by atoms with Gasteiger partial charge in [0.25, 0.3) is 0 Å². The zero-order valence-electron chi connectivity index (χ0n) is 15.9. The van der Waals surface area contributed by atoms with E-state index in [1.165, 1.54) is 6.07 Å². The van der Waals surface area contributed by atoms with Gasteiger partial charge in [-0.05, 0) is 35.9 Å². The average Bonchev–Trinajstić information content (AvgIpc) is 2.68. The minimum absolute atomic E-state index is 0. The van der Waals surface area contributed by atoms with Gasteiger partial charge in [-0.25, -0.2) is 4.98 Å². The van der Waals surface area contributed by atoms with Crippen LogP contribution in [0.2, 0.25) is 0 Å². The molecule has 2 aromatic carbocycles. The Morgan fingerprint density at radius 3 is 2.37 bits per heavy atom. The van der Waals surface area contributed by atoms with Crippen LogP contribution in [-0.2, 0) is 0 Å². The van der Waals surface area contributed by atoms with Crippen molar-refractivity contribution in [1.29, 1.82) is 0 Å². The second-order valence-corrected chi connectivity index (χ2v) is 7.01. The smallest absolute Gasteiger partial charge is 0.543 e. The van der Waals surface area contributed by atoms with Crippen molar-refractivity contribution in [1.82, 2.24) is 4.98 Å². The number of carboxylic acid groups (broad SMARTS) is 1. The third-order valence-corrected chi connectivity index (χ3v) is 4.53. The van der Waals surface area contributed by atoms with Crippen LogP contribution < -0.4 is 39.4 Å². The van der Waals surface area contributed by atoms with Crippen molar-refractivity contribution in [3.63, 3.8) is 0 Å². The summed E-state index contributed by atoms with van der Waals surface area (Å²) in [7, 11) is 0. The van der Waals surface area contributed by atoms with Gasteiger partial charge < -0.3 is 14.6 Å². The maximum Gasteiger partial charge on any atom is 1.00 e. The van der Waals surface area contributed by atoms with Gasteiger partial charge in [-0.1, -0.05) is 46.3 Å². The van der Waals surface area contributed by atoms with E-state index in [-0.39, 0.29) is 41.0 Å². The molecule has 150 valence electrons. The molecule has 0 unspecified atom stereocenters. The molecule has 3 aromatic rings. The van der Waals surface area contributed by atoms with Crippen molar-refractivity contribution < 1.29 is 57.4 Å². The zero-order valence-corrected chi connectivity index (χ0v) is 19.5. The maximum atomic E-state index is 12.5. The molecule has 0 N–H and O–H groups in total. The predicted octanol–water partition coefficient (Wildman–Crippen LogP) is 1.88. The number of carbonyl (C=O) groups is 1. The standard InChI is InChI=1S/C21H15BrF3NO3.Na/c22-13-8-9-19(29-11-10-21(23,24)25)16(12-13)14-4-1-2-5-15(14)17-6-3-7-18(26-17)20(27)28;/h1-9,12H,10-11H2,(H,27,28);/q;+1/p-1. The summed E-state index contributed by atoms with van der Waals surface area (Å²) in [6, 6.07) is 16.5. The van der Waals surface area contributed by atoms with Gasteiger partial charge in [0.05, 0.1) is 30.4 Å². The molecule has 0 aliphatic carbocycles. The summed E-state index contributed by atoms with van der Waals surface area (Å²) in [5.41, 5.74) is 1.97. The second kappa shape index (κ2) is 10.4. The van der Waals surface area contributed by atoms with Crippen LogP contribution in [-0.4, -0.2) is 23.7 Å². The Morgan fingerprint density at radius 2 is 1.70 bits per heavy atom. The van der Waals surface area contributed by atoms with Crippen molar-refractivity contribution in [3.05, 3.63) is 70.8 Å². The van der Waals surface area contributed by atoms with E-state index in [1.807, 2.05) is 0 Å². The van der Waals surface area contributed by atoms with Crippen LogP contribution in [0.25, 0.3) is 22.4 Å². The van der Waals surface area contributed by atoms with Crippen molar-refractivity contribution >= 4 is 21.9 Å². The summed E-state index contributed by atoms with van der Waals surface area (Å²) in [5, 5.41) is 11.1. The molecular weight excluding hydrogens is 474 g/mol. The average molecular weight is 488 g/mol. The summed E-state index contributed by atoms with van der Waals surface area (Å²) < 4.78 is 43.6. The van der Waals surface area contributed by atoms with Crippen LogP contribution >= 0.6 is 15.9 Å². The first-order chi connectivity index (χ1) is 13.7. The van der Waals surface area contributed by atoms with Crippen LogP contribution in [0, 0.1) is 0 Å². The molecule has 4 nitrogen and oxygen atoms in total. The van der Waals surface area contributed by atoms with Gasteiger partial charge in [0.15, 0.2) is 0 Å². The fraction of sp³-hybridized carbons (Fsp3) is 0.143. The quantitative estimate of drug-likeness (QED) is 0.498. The fourth-order valence-electron chi connectivity index (χ4n) is 2.76. The van der Waals surface area contributed by atoms with Gasteiger partial charge in [0.1, 0.15) is 5.75 Å². The van der Waals surface area contributed by atoms with Crippen LogP contribution in [0.3, 0.4) is 0 Å². The number of rotatable bonds is 6. The van der Waals surface area contributed by atoms with Gasteiger partial charge in [-0.15, -0.1) is 0 Å². The third kappa shape index (κ3) is 6.31. The Labute approximate surface area is 201 Å². The normalized spacial score (nSPS) is 10.9. The van der Waals surface area contributed by atoms with E-state index in [0.29, 0.717) is 26.9 Å². The Kier molecular flexibility index (Phi) is 8.49. The molecule has 3 rings (SSSR count). The Balaban J connectivity index is 0.00000320. The van der Waals surface area contributed by atoms with Crippen molar-refractivity contribution in [2.75, 3.05) is 6.61 Å². The summed E-state index contributed by atoms with van der Waals surface area (Å²) in [4.78, 5) is 15.3. The fourth-order valence-corrected chi connectivity index (χ4v) is 3.12. The number of halogens is 4. The molecule has 0 aliphatic heterocycles. The Hall–Kier alpha value is -1.87. The molecule has 1 heterocycles. The number of carbonyl (C=O) groups excluding carboxylic acids is 1. The number of hydrogen-bond acceptors (Lipinski definition) is 4. The minimum atomic E-state index is -4.32. The van der Waals surface area contributed by atoms with E-state index in [0.717, 1.165) is 0 Å². The Bertz CT molecular complexity index is 1040. The molecule has 0 aliphatic rings. The van der Waals surface area contributed by atoms with Gasteiger partial charge in [-0.2, -0.15) is 13.2 Å². The van der Waals surface area contributed by atoms with E-state index in [9.17, 15) is 23.1 Å². The van der Waals surface area contributed by atoms with Gasteiger partial charge in [-0.3, -0.25) is 0 Å². The molecular formula is C21H14BrF3NNaO3. The van der Waals surface area contributed by atoms with E-state index >= 15 is 0 Å². The molecule has 0 saturated carbocycles. The molecule has 0 fully saturated rings. The van der Waals surface area contributed by atoms with Crippen molar-refractivity contribution in [3.8, 4) is 28.1 Å². The topological polar surface area (TPSA) is 62.2 Å². The summed E-state index contributed by atoms with van der Waals surface area (Å²) in [6.45, 7) is -0.515. The van der Waals surface area contributed by atoms with Crippen LogP contribution in [0.15, 0.2) is 65.1 Å². The first-order valence-corrected chi connectivity index (χ1v) is 9.31. The number of alkyl halides is 3. The molecule has 0 spiro atoms. The summed E-state index contributed by atoms with van der Waals surface area (Å²) >= 11 is 3.37. The number of ether oxygens (including phenoxy) is 1. The summed E-state index contributed by atoms with van der Waals surface area (Å²) in [6.07, 6.45) is -5.39. The maximum absolute atomic E-state index is 12.5. The SMILES string of the molecule is O=C([O-])c1cccc(-c2ccccc2-c2cc(Br)ccc2OCCC(F)(F)F)n1.[Na+]. The second-order valence-electron chi connectivity index (χ2n) is 6.10. The Morgan fingerprint density at radius 1 is 1.00 bits per heavy atom. The first kappa shape index (κ1) is 24.4. The predicted molar refractivity (Wildman–Crippen MR) is 103 cm³/mol. The third-order valence-electron chi connectivity index (χ3n) is 4.04. The van der Waals surface area contributed by atoms with Crippen molar-refractivity contribution in [2.24, 2.45) is 0 Å².